The molecule has 0 radical (unpaired) electrons. The molecule has 2 aromatic carbocycles. The summed E-state index contributed by atoms with van der Waals surface area (Å²) < 4.78 is 21.9. The highest BCUT2D eigenvalue weighted by atomic mass is 31.1. The quantitative estimate of drug-likeness (QED) is 0.744. The van der Waals surface area contributed by atoms with Gasteiger partial charge in [-0.25, -0.2) is 4.57 Å². The van der Waals surface area contributed by atoms with Crippen LogP contribution in [0.4, 0.5) is 0 Å². The van der Waals surface area contributed by atoms with Crippen molar-refractivity contribution in [3.8, 4) is 5.75 Å². The fourth-order valence-electron chi connectivity index (χ4n) is 1.51. The smallest absolute Gasteiger partial charge is 0.367 e. The summed E-state index contributed by atoms with van der Waals surface area (Å²) >= 11 is 0. The van der Waals surface area contributed by atoms with Crippen LogP contribution in [0.2, 0.25) is 0 Å². The second-order valence-electron chi connectivity index (χ2n) is 3.75. The third kappa shape index (κ3) is 4.36. The largest absolute Gasteiger partial charge is 0.426 e. The Morgan fingerprint density at radius 2 is 1.50 bits per heavy atom. The Hall–Kier alpha value is -1.57. The summed E-state index contributed by atoms with van der Waals surface area (Å²) in [6.45, 7) is 0.397. The van der Waals surface area contributed by atoms with Gasteiger partial charge in [0.25, 0.3) is 0 Å². The maximum absolute atomic E-state index is 11.5. The summed E-state index contributed by atoms with van der Waals surface area (Å²) in [5.74, 6) is 0.570. The van der Waals surface area contributed by atoms with Gasteiger partial charge < -0.3 is 9.05 Å². The van der Waals surface area contributed by atoms with Crippen molar-refractivity contribution in [2.45, 2.75) is 6.42 Å². The Morgan fingerprint density at radius 1 is 0.889 bits per heavy atom. The van der Waals surface area contributed by atoms with E-state index < -0.39 is 8.25 Å². The highest BCUT2D eigenvalue weighted by Gasteiger charge is 2.01. The number of hydrogen-bond acceptors (Lipinski definition) is 3. The van der Waals surface area contributed by atoms with Crippen LogP contribution in [-0.2, 0) is 15.5 Å². The summed E-state index contributed by atoms with van der Waals surface area (Å²) in [5, 5.41) is 0. The van der Waals surface area contributed by atoms with Crippen molar-refractivity contribution in [3.63, 3.8) is 0 Å². The zero-order valence-electron chi connectivity index (χ0n) is 9.91. The highest BCUT2D eigenvalue weighted by Crippen LogP contribution is 2.27. The number of hydrogen-bond donors (Lipinski definition) is 0. The van der Waals surface area contributed by atoms with Crippen molar-refractivity contribution in [2.75, 3.05) is 6.61 Å². The number of para-hydroxylation sites is 1. The molecule has 0 saturated carbocycles. The molecule has 1 atom stereocenters. The molecule has 0 fully saturated rings. The van der Waals surface area contributed by atoms with E-state index in [1.54, 1.807) is 12.1 Å². The van der Waals surface area contributed by atoms with Gasteiger partial charge in [-0.15, -0.1) is 0 Å². The Morgan fingerprint density at radius 3 is 2.17 bits per heavy atom. The van der Waals surface area contributed by atoms with Gasteiger partial charge in [0.1, 0.15) is 5.75 Å². The molecule has 94 valence electrons. The molecule has 4 heteroatoms. The van der Waals surface area contributed by atoms with Crippen LogP contribution in [-0.4, -0.2) is 6.61 Å². The van der Waals surface area contributed by atoms with E-state index in [0.29, 0.717) is 12.4 Å². The van der Waals surface area contributed by atoms with E-state index in [2.05, 4.69) is 0 Å². The Labute approximate surface area is 107 Å². The van der Waals surface area contributed by atoms with Crippen LogP contribution < -0.4 is 4.52 Å². The van der Waals surface area contributed by atoms with Crippen LogP contribution in [0.25, 0.3) is 0 Å². The molecular formula is C14H15O3P. The third-order valence-electron chi connectivity index (χ3n) is 2.40. The molecule has 1 unspecified atom stereocenters. The monoisotopic (exact) mass is 262 g/mol. The Kier molecular flexibility index (Phi) is 5.00. The molecule has 0 aliphatic heterocycles. The molecule has 0 bridgehead atoms. The maximum Gasteiger partial charge on any atom is 0.367 e. The minimum atomic E-state index is -2.46. The lowest BCUT2D eigenvalue weighted by Crippen LogP contribution is -1.94. The second kappa shape index (κ2) is 7.00. The zero-order valence-corrected chi connectivity index (χ0v) is 10.9. The van der Waals surface area contributed by atoms with Gasteiger partial charge in [-0.1, -0.05) is 48.5 Å². The Bertz CT molecular complexity index is 485. The average Bonchev–Trinajstić information content (AvgIpc) is 2.41. The minimum absolute atomic E-state index is 0.397. The molecule has 2 rings (SSSR count). The SMILES string of the molecule is O=[PH](OCCc1ccccc1)Oc1ccccc1. The predicted molar refractivity (Wildman–Crippen MR) is 72.2 cm³/mol. The minimum Gasteiger partial charge on any atom is -0.426 e. The van der Waals surface area contributed by atoms with Gasteiger partial charge in [-0.3, -0.25) is 0 Å². The molecule has 0 heterocycles. The molecule has 0 spiro atoms. The highest BCUT2D eigenvalue weighted by molar-refractivity contribution is 7.33. The van der Waals surface area contributed by atoms with E-state index in [1.807, 2.05) is 48.5 Å². The first-order valence-electron chi connectivity index (χ1n) is 5.78. The number of rotatable bonds is 6. The van der Waals surface area contributed by atoms with E-state index in [1.165, 1.54) is 0 Å². The van der Waals surface area contributed by atoms with Crippen LogP contribution >= 0.6 is 8.25 Å². The van der Waals surface area contributed by atoms with Gasteiger partial charge in [0.15, 0.2) is 0 Å². The van der Waals surface area contributed by atoms with Crippen LogP contribution in [0.3, 0.4) is 0 Å². The molecule has 0 amide bonds. The van der Waals surface area contributed by atoms with E-state index in [9.17, 15) is 4.57 Å². The van der Waals surface area contributed by atoms with Crippen LogP contribution in [0, 0.1) is 0 Å². The van der Waals surface area contributed by atoms with Gasteiger partial charge in [-0.2, -0.15) is 0 Å². The lowest BCUT2D eigenvalue weighted by atomic mass is 10.2. The molecule has 0 N–H and O–H groups in total. The van der Waals surface area contributed by atoms with Gasteiger partial charge in [-0.05, 0) is 24.1 Å². The van der Waals surface area contributed by atoms with Gasteiger partial charge >= 0.3 is 8.25 Å². The maximum atomic E-state index is 11.5. The fraction of sp³-hybridized carbons (Fsp3) is 0.143. The van der Waals surface area contributed by atoms with Gasteiger partial charge in [0, 0.05) is 0 Å². The molecule has 18 heavy (non-hydrogen) atoms. The normalized spacial score (nSPS) is 12.0. The molecular weight excluding hydrogens is 247 g/mol. The van der Waals surface area contributed by atoms with Crippen molar-refractivity contribution in [1.29, 1.82) is 0 Å². The van der Waals surface area contributed by atoms with Crippen molar-refractivity contribution in [1.82, 2.24) is 0 Å². The summed E-state index contributed by atoms with van der Waals surface area (Å²) in [5.41, 5.74) is 1.16. The summed E-state index contributed by atoms with van der Waals surface area (Å²) in [4.78, 5) is 0. The summed E-state index contributed by atoms with van der Waals surface area (Å²) in [6.07, 6.45) is 0.732. The lowest BCUT2D eigenvalue weighted by molar-refractivity contribution is 0.289. The second-order valence-corrected chi connectivity index (χ2v) is 4.74. The van der Waals surface area contributed by atoms with Crippen molar-refractivity contribution >= 4 is 8.25 Å². The molecule has 0 aliphatic carbocycles. The van der Waals surface area contributed by atoms with E-state index in [4.69, 9.17) is 9.05 Å². The number of benzene rings is 2. The van der Waals surface area contributed by atoms with Crippen molar-refractivity contribution < 1.29 is 13.6 Å². The summed E-state index contributed by atoms with van der Waals surface area (Å²) in [7, 11) is -2.46. The lowest BCUT2D eigenvalue weighted by Gasteiger charge is -2.06. The van der Waals surface area contributed by atoms with Crippen LogP contribution in [0.15, 0.2) is 60.7 Å². The first-order chi connectivity index (χ1) is 8.84. The Balaban J connectivity index is 1.73. The van der Waals surface area contributed by atoms with E-state index in [-0.39, 0.29) is 0 Å². The first kappa shape index (κ1) is 12.9. The third-order valence-corrected chi connectivity index (χ3v) is 3.24. The standard InChI is InChI=1S/C14H15O3P/c15-18(17-14-9-5-2-6-10-14)16-12-11-13-7-3-1-4-8-13/h1-10,18H,11-12H2. The van der Waals surface area contributed by atoms with E-state index >= 15 is 0 Å². The van der Waals surface area contributed by atoms with Crippen LogP contribution in [0.5, 0.6) is 5.75 Å². The molecule has 3 nitrogen and oxygen atoms in total. The topological polar surface area (TPSA) is 35.5 Å². The molecule has 0 aromatic heterocycles. The summed E-state index contributed by atoms with van der Waals surface area (Å²) in [6, 6.07) is 19.0. The molecule has 2 aromatic rings. The van der Waals surface area contributed by atoms with Gasteiger partial charge in [0.2, 0.25) is 0 Å². The fourth-order valence-corrected chi connectivity index (χ4v) is 2.17. The first-order valence-corrected chi connectivity index (χ1v) is 7.00. The van der Waals surface area contributed by atoms with Crippen molar-refractivity contribution in [3.05, 3.63) is 66.2 Å². The zero-order chi connectivity index (χ0) is 12.6. The average molecular weight is 262 g/mol. The predicted octanol–water partition coefficient (Wildman–Crippen LogP) is 3.71. The molecule has 0 aliphatic rings. The van der Waals surface area contributed by atoms with Gasteiger partial charge in [0.05, 0.1) is 6.61 Å². The van der Waals surface area contributed by atoms with Crippen LogP contribution in [0.1, 0.15) is 5.56 Å². The van der Waals surface area contributed by atoms with Crippen molar-refractivity contribution in [2.24, 2.45) is 0 Å². The van der Waals surface area contributed by atoms with E-state index in [0.717, 1.165) is 12.0 Å². The molecule has 0 saturated heterocycles.